The number of carbonyl (C=O) groups is 1. The lowest BCUT2D eigenvalue weighted by Gasteiger charge is -2.34. The Hall–Kier alpha value is -5.02. The van der Waals surface area contributed by atoms with Gasteiger partial charge in [0.05, 0.1) is 11.9 Å². The van der Waals surface area contributed by atoms with Crippen molar-refractivity contribution in [1.29, 1.82) is 0 Å². The fourth-order valence-corrected chi connectivity index (χ4v) is 6.07. The van der Waals surface area contributed by atoms with Crippen molar-refractivity contribution in [3.8, 4) is 34.1 Å². The summed E-state index contributed by atoms with van der Waals surface area (Å²) >= 11 is 0. The van der Waals surface area contributed by atoms with Gasteiger partial charge < -0.3 is 24.0 Å². The van der Waals surface area contributed by atoms with Gasteiger partial charge in [0.25, 0.3) is 5.89 Å². The Morgan fingerprint density at radius 3 is 2.42 bits per heavy atom. The van der Waals surface area contributed by atoms with Crippen LogP contribution in [0.15, 0.2) is 95.8 Å². The van der Waals surface area contributed by atoms with Crippen LogP contribution >= 0.6 is 0 Å². The standard InChI is InChI=1S/C36H36N6O3/c1-25-38-36(45-39-25)27-10-12-33(13-11-27)44-34-19-28(30-18-32(22-37-21-30)41-16-14-40(2)15-17-41)8-9-29(34)23-42-24-31(20-35(42)43)26-6-4-3-5-7-26/h3-13,18-19,21-22,31H,14-17,20,23-24H2,1-2H3. The number of likely N-dealkylation sites (N-methyl/N-ethyl adjacent to an activating group) is 1. The molecule has 45 heavy (non-hydrogen) atoms. The molecular weight excluding hydrogens is 564 g/mol. The minimum absolute atomic E-state index is 0.155. The second-order valence-corrected chi connectivity index (χ2v) is 11.9. The summed E-state index contributed by atoms with van der Waals surface area (Å²) in [5.74, 6) is 2.77. The van der Waals surface area contributed by atoms with Crippen molar-refractivity contribution in [3.05, 3.63) is 108 Å². The second kappa shape index (κ2) is 12.5. The van der Waals surface area contributed by atoms with Crippen LogP contribution in [0.4, 0.5) is 5.69 Å². The number of hydrogen-bond donors (Lipinski definition) is 0. The number of anilines is 1. The third-order valence-electron chi connectivity index (χ3n) is 8.70. The van der Waals surface area contributed by atoms with Gasteiger partial charge in [-0.1, -0.05) is 47.6 Å². The smallest absolute Gasteiger partial charge is 0.257 e. The number of carbonyl (C=O) groups excluding carboxylic acids is 1. The first-order valence-corrected chi connectivity index (χ1v) is 15.4. The van der Waals surface area contributed by atoms with E-state index in [1.54, 1.807) is 6.92 Å². The van der Waals surface area contributed by atoms with Crippen LogP contribution in [0.5, 0.6) is 11.5 Å². The summed E-state index contributed by atoms with van der Waals surface area (Å²) in [7, 11) is 2.16. The highest BCUT2D eigenvalue weighted by atomic mass is 16.5. The Morgan fingerprint density at radius 1 is 0.889 bits per heavy atom. The molecule has 1 amide bonds. The van der Waals surface area contributed by atoms with Crippen molar-refractivity contribution in [3.63, 3.8) is 0 Å². The number of ether oxygens (including phenoxy) is 1. The topological polar surface area (TPSA) is 87.8 Å². The largest absolute Gasteiger partial charge is 0.457 e. The SMILES string of the molecule is Cc1noc(-c2ccc(Oc3cc(-c4cncc(N5CCN(C)CC5)c4)ccc3CN3CC(c4ccccc4)CC3=O)cc2)n1. The number of amides is 1. The van der Waals surface area contributed by atoms with Crippen LogP contribution in [0, 0.1) is 6.92 Å². The minimum Gasteiger partial charge on any atom is -0.457 e. The Labute approximate surface area is 263 Å². The molecule has 2 aromatic heterocycles. The van der Waals surface area contributed by atoms with Crippen LogP contribution in [-0.4, -0.2) is 70.6 Å². The molecule has 7 rings (SSSR count). The number of aromatic nitrogens is 3. The highest BCUT2D eigenvalue weighted by Gasteiger charge is 2.31. The molecule has 1 atom stereocenters. The van der Waals surface area contributed by atoms with E-state index in [0.29, 0.717) is 42.7 Å². The summed E-state index contributed by atoms with van der Waals surface area (Å²) in [5, 5.41) is 3.89. The molecule has 228 valence electrons. The molecule has 0 bridgehead atoms. The van der Waals surface area contributed by atoms with Crippen molar-refractivity contribution in [2.75, 3.05) is 44.7 Å². The lowest BCUT2D eigenvalue weighted by atomic mass is 9.98. The molecule has 0 aliphatic carbocycles. The maximum atomic E-state index is 13.2. The molecule has 5 aromatic rings. The number of benzene rings is 3. The fourth-order valence-electron chi connectivity index (χ4n) is 6.07. The first kappa shape index (κ1) is 28.7. The zero-order chi connectivity index (χ0) is 30.8. The molecule has 2 fully saturated rings. The van der Waals surface area contributed by atoms with E-state index in [0.717, 1.165) is 54.1 Å². The average molecular weight is 601 g/mol. The number of nitrogens with zero attached hydrogens (tertiary/aromatic N) is 6. The predicted octanol–water partition coefficient (Wildman–Crippen LogP) is 6.17. The zero-order valence-corrected chi connectivity index (χ0v) is 25.6. The number of hydrogen-bond acceptors (Lipinski definition) is 8. The molecule has 0 saturated carbocycles. The van der Waals surface area contributed by atoms with E-state index in [2.05, 4.69) is 68.4 Å². The van der Waals surface area contributed by atoms with Gasteiger partial charge in [0.1, 0.15) is 11.5 Å². The van der Waals surface area contributed by atoms with Gasteiger partial charge in [0, 0.05) is 74.5 Å². The molecule has 9 nitrogen and oxygen atoms in total. The monoisotopic (exact) mass is 600 g/mol. The van der Waals surface area contributed by atoms with Crippen LogP contribution in [0.2, 0.25) is 0 Å². The summed E-state index contributed by atoms with van der Waals surface area (Å²) in [4.78, 5) is 28.7. The van der Waals surface area contributed by atoms with Gasteiger partial charge >= 0.3 is 0 Å². The highest BCUT2D eigenvalue weighted by Crippen LogP contribution is 2.36. The van der Waals surface area contributed by atoms with Gasteiger partial charge in [0.2, 0.25) is 5.91 Å². The Morgan fingerprint density at radius 2 is 1.67 bits per heavy atom. The van der Waals surface area contributed by atoms with Crippen LogP contribution in [-0.2, 0) is 11.3 Å². The van der Waals surface area contributed by atoms with Gasteiger partial charge in [-0.05, 0) is 61.5 Å². The Bertz CT molecular complexity index is 1780. The number of aryl methyl sites for hydroxylation is 1. The third-order valence-corrected chi connectivity index (χ3v) is 8.70. The molecule has 1 unspecified atom stereocenters. The van der Waals surface area contributed by atoms with E-state index in [1.807, 2.05) is 59.8 Å². The molecule has 9 heteroatoms. The Balaban J connectivity index is 1.17. The number of pyridine rings is 1. The fraction of sp³-hybridized carbons (Fsp3) is 0.278. The molecule has 0 spiro atoms. The van der Waals surface area contributed by atoms with Gasteiger partial charge in [-0.15, -0.1) is 0 Å². The predicted molar refractivity (Wildman–Crippen MR) is 173 cm³/mol. The van der Waals surface area contributed by atoms with Gasteiger partial charge in [0.15, 0.2) is 5.82 Å². The summed E-state index contributed by atoms with van der Waals surface area (Å²) < 4.78 is 11.9. The van der Waals surface area contributed by atoms with E-state index >= 15 is 0 Å². The van der Waals surface area contributed by atoms with Crippen LogP contribution in [0.1, 0.15) is 29.3 Å². The van der Waals surface area contributed by atoms with Crippen LogP contribution < -0.4 is 9.64 Å². The summed E-state index contributed by atoms with van der Waals surface area (Å²) in [6.45, 7) is 6.95. The molecular formula is C36H36N6O3. The first-order chi connectivity index (χ1) is 22.0. The maximum Gasteiger partial charge on any atom is 0.257 e. The maximum absolute atomic E-state index is 13.2. The lowest BCUT2D eigenvalue weighted by molar-refractivity contribution is -0.128. The van der Waals surface area contributed by atoms with Crippen molar-refractivity contribution in [1.82, 2.24) is 24.9 Å². The van der Waals surface area contributed by atoms with Crippen molar-refractivity contribution in [2.24, 2.45) is 0 Å². The van der Waals surface area contributed by atoms with Gasteiger partial charge in [-0.2, -0.15) is 4.98 Å². The second-order valence-electron chi connectivity index (χ2n) is 11.9. The molecule has 2 saturated heterocycles. The van der Waals surface area contributed by atoms with Crippen LogP contribution in [0.3, 0.4) is 0 Å². The molecule has 4 heterocycles. The number of rotatable bonds is 8. The minimum atomic E-state index is 0.155. The quantitative estimate of drug-likeness (QED) is 0.209. The summed E-state index contributed by atoms with van der Waals surface area (Å²) in [6, 6.07) is 26.3. The van der Waals surface area contributed by atoms with E-state index in [-0.39, 0.29) is 11.8 Å². The van der Waals surface area contributed by atoms with Crippen molar-refractivity contribution in [2.45, 2.75) is 25.8 Å². The van der Waals surface area contributed by atoms with Crippen molar-refractivity contribution < 1.29 is 14.1 Å². The zero-order valence-electron chi connectivity index (χ0n) is 25.6. The van der Waals surface area contributed by atoms with Gasteiger partial charge in [-0.25, -0.2) is 0 Å². The lowest BCUT2D eigenvalue weighted by Crippen LogP contribution is -2.44. The highest BCUT2D eigenvalue weighted by molar-refractivity contribution is 5.80. The normalized spacial score (nSPS) is 17.2. The van der Waals surface area contributed by atoms with E-state index < -0.39 is 0 Å². The molecule has 3 aromatic carbocycles. The average Bonchev–Trinajstić information content (AvgIpc) is 3.68. The molecule has 2 aliphatic heterocycles. The van der Waals surface area contributed by atoms with Gasteiger partial charge in [-0.3, -0.25) is 9.78 Å². The number of piperazine rings is 1. The first-order valence-electron chi connectivity index (χ1n) is 15.4. The molecule has 2 aliphatic rings. The Kier molecular flexibility index (Phi) is 8.00. The molecule has 0 N–H and O–H groups in total. The third kappa shape index (κ3) is 6.44. The van der Waals surface area contributed by atoms with Crippen LogP contribution in [0.25, 0.3) is 22.6 Å². The summed E-state index contributed by atoms with van der Waals surface area (Å²) in [5.41, 5.74) is 6.11. The van der Waals surface area contributed by atoms with E-state index in [9.17, 15) is 4.79 Å². The summed E-state index contributed by atoms with van der Waals surface area (Å²) in [6.07, 6.45) is 4.35. The van der Waals surface area contributed by atoms with Crippen molar-refractivity contribution >= 4 is 11.6 Å². The van der Waals surface area contributed by atoms with E-state index in [4.69, 9.17) is 9.26 Å². The van der Waals surface area contributed by atoms with E-state index in [1.165, 1.54) is 5.56 Å². The molecule has 0 radical (unpaired) electrons. The number of likely N-dealkylation sites (tertiary alicyclic amines) is 1.